The van der Waals surface area contributed by atoms with Crippen LogP contribution in [0.25, 0.3) is 0 Å². The number of rotatable bonds is 3. The summed E-state index contributed by atoms with van der Waals surface area (Å²) in [5, 5.41) is 18.1. The number of aromatic nitrogens is 1. The first-order valence-electron chi connectivity index (χ1n) is 5.83. The van der Waals surface area contributed by atoms with E-state index in [1.54, 1.807) is 0 Å². The number of amides is 1. The van der Waals surface area contributed by atoms with Crippen molar-refractivity contribution < 1.29 is 24.5 Å². The van der Waals surface area contributed by atoms with E-state index in [-0.39, 0.29) is 24.4 Å². The zero-order chi connectivity index (χ0) is 13.8. The summed E-state index contributed by atoms with van der Waals surface area (Å²) in [7, 11) is 0. The topological polar surface area (TPSA) is 100.0 Å². The fourth-order valence-electron chi connectivity index (χ4n) is 1.91. The highest BCUT2D eigenvalue weighted by atomic mass is 16.5. The Morgan fingerprint density at radius 1 is 1.53 bits per heavy atom. The smallest absolute Gasteiger partial charge is 0.338 e. The van der Waals surface area contributed by atoms with Crippen LogP contribution >= 0.6 is 0 Å². The first kappa shape index (κ1) is 13.4. The van der Waals surface area contributed by atoms with Gasteiger partial charge in [-0.3, -0.25) is 9.78 Å². The molecule has 0 aliphatic carbocycles. The minimum atomic E-state index is -1.19. The second kappa shape index (κ2) is 5.77. The minimum absolute atomic E-state index is 0.0893. The van der Waals surface area contributed by atoms with Gasteiger partial charge >= 0.3 is 5.97 Å². The van der Waals surface area contributed by atoms with Crippen molar-refractivity contribution in [2.24, 2.45) is 0 Å². The predicted molar refractivity (Wildman–Crippen MR) is 63.9 cm³/mol. The van der Waals surface area contributed by atoms with Crippen LogP contribution in [0.4, 0.5) is 0 Å². The maximum absolute atomic E-state index is 12.2. The van der Waals surface area contributed by atoms with Crippen LogP contribution in [0.2, 0.25) is 0 Å². The lowest BCUT2D eigenvalue weighted by molar-refractivity contribution is -0.0449. The molecular weight excluding hydrogens is 252 g/mol. The van der Waals surface area contributed by atoms with Gasteiger partial charge in [-0.05, 0) is 12.1 Å². The molecule has 7 heteroatoms. The van der Waals surface area contributed by atoms with Gasteiger partial charge in [-0.1, -0.05) is 0 Å². The fraction of sp³-hybridized carbons (Fsp3) is 0.417. The average Bonchev–Trinajstić information content (AvgIpc) is 2.46. The SMILES string of the molecule is O=C(O)c1cccnc1C(=O)N1CCOC(CO)C1. The third kappa shape index (κ3) is 2.88. The highest BCUT2D eigenvalue weighted by Crippen LogP contribution is 2.12. The minimum Gasteiger partial charge on any atom is -0.478 e. The third-order valence-electron chi connectivity index (χ3n) is 2.87. The van der Waals surface area contributed by atoms with Gasteiger partial charge in [-0.2, -0.15) is 0 Å². The van der Waals surface area contributed by atoms with Crippen LogP contribution in [0.5, 0.6) is 0 Å². The molecule has 0 bridgehead atoms. The monoisotopic (exact) mass is 266 g/mol. The van der Waals surface area contributed by atoms with Crippen molar-refractivity contribution in [1.82, 2.24) is 9.88 Å². The van der Waals surface area contributed by atoms with Gasteiger partial charge < -0.3 is 19.8 Å². The van der Waals surface area contributed by atoms with E-state index < -0.39 is 18.0 Å². The van der Waals surface area contributed by atoms with Crippen molar-refractivity contribution in [2.75, 3.05) is 26.3 Å². The van der Waals surface area contributed by atoms with E-state index in [0.717, 1.165) is 0 Å². The predicted octanol–water partition coefficient (Wildman–Crippen LogP) is -0.387. The largest absolute Gasteiger partial charge is 0.478 e. The lowest BCUT2D eigenvalue weighted by Crippen LogP contribution is -2.47. The van der Waals surface area contributed by atoms with Crippen molar-refractivity contribution in [3.63, 3.8) is 0 Å². The molecule has 102 valence electrons. The van der Waals surface area contributed by atoms with Gasteiger partial charge in [0.15, 0.2) is 0 Å². The summed E-state index contributed by atoms with van der Waals surface area (Å²) in [6, 6.07) is 2.81. The number of ether oxygens (including phenoxy) is 1. The first-order valence-corrected chi connectivity index (χ1v) is 5.83. The number of carboxylic acid groups (broad SMARTS) is 1. The Bertz CT molecular complexity index is 491. The number of morpholine rings is 1. The van der Waals surface area contributed by atoms with Gasteiger partial charge in [-0.15, -0.1) is 0 Å². The van der Waals surface area contributed by atoms with E-state index in [0.29, 0.717) is 13.2 Å². The Hall–Kier alpha value is -1.99. The number of carbonyl (C=O) groups is 2. The molecule has 2 heterocycles. The molecule has 1 fully saturated rings. The lowest BCUT2D eigenvalue weighted by atomic mass is 10.1. The number of nitrogens with zero attached hydrogens (tertiary/aromatic N) is 2. The number of aliphatic hydroxyl groups excluding tert-OH is 1. The number of carbonyl (C=O) groups excluding carboxylic acids is 1. The van der Waals surface area contributed by atoms with Crippen LogP contribution in [-0.2, 0) is 4.74 Å². The normalized spacial score (nSPS) is 19.2. The molecular formula is C12H14N2O5. The standard InChI is InChI=1S/C12H14N2O5/c15-7-8-6-14(4-5-19-8)11(16)10-9(12(17)18)2-1-3-13-10/h1-3,8,15H,4-7H2,(H,17,18). The van der Waals surface area contributed by atoms with E-state index in [1.807, 2.05) is 0 Å². The second-order valence-electron chi connectivity index (χ2n) is 4.13. The van der Waals surface area contributed by atoms with Crippen LogP contribution in [0.1, 0.15) is 20.8 Å². The molecule has 1 amide bonds. The molecule has 2 rings (SSSR count). The number of hydrogen-bond acceptors (Lipinski definition) is 5. The molecule has 1 aliphatic rings. The Morgan fingerprint density at radius 3 is 3.00 bits per heavy atom. The molecule has 2 N–H and O–H groups in total. The van der Waals surface area contributed by atoms with Gasteiger partial charge in [0.2, 0.25) is 0 Å². The molecule has 1 unspecified atom stereocenters. The van der Waals surface area contributed by atoms with E-state index in [2.05, 4.69) is 4.98 Å². The summed E-state index contributed by atoms with van der Waals surface area (Å²) in [6.07, 6.45) is 0.943. The molecule has 0 spiro atoms. The van der Waals surface area contributed by atoms with Crippen molar-refractivity contribution in [2.45, 2.75) is 6.10 Å². The van der Waals surface area contributed by atoms with Crippen LogP contribution < -0.4 is 0 Å². The van der Waals surface area contributed by atoms with Gasteiger partial charge in [0.25, 0.3) is 5.91 Å². The first-order chi connectivity index (χ1) is 9.13. The molecule has 0 radical (unpaired) electrons. The van der Waals surface area contributed by atoms with Crippen molar-refractivity contribution in [3.05, 3.63) is 29.6 Å². The van der Waals surface area contributed by atoms with Crippen molar-refractivity contribution >= 4 is 11.9 Å². The summed E-state index contributed by atoms with van der Waals surface area (Å²) >= 11 is 0. The summed E-state index contributed by atoms with van der Waals surface area (Å²) < 4.78 is 5.24. The molecule has 7 nitrogen and oxygen atoms in total. The quantitative estimate of drug-likeness (QED) is 0.773. The van der Waals surface area contributed by atoms with Gasteiger partial charge in [0.1, 0.15) is 5.69 Å². The molecule has 0 saturated carbocycles. The Morgan fingerprint density at radius 2 is 2.32 bits per heavy atom. The average molecular weight is 266 g/mol. The van der Waals surface area contributed by atoms with Crippen molar-refractivity contribution in [3.8, 4) is 0 Å². The third-order valence-corrected chi connectivity index (χ3v) is 2.87. The summed E-state index contributed by atoms with van der Waals surface area (Å²) in [6.45, 7) is 0.708. The molecule has 1 aromatic heterocycles. The molecule has 19 heavy (non-hydrogen) atoms. The van der Waals surface area contributed by atoms with E-state index >= 15 is 0 Å². The molecule has 0 aromatic carbocycles. The van der Waals surface area contributed by atoms with E-state index in [9.17, 15) is 9.59 Å². The second-order valence-corrected chi connectivity index (χ2v) is 4.13. The van der Waals surface area contributed by atoms with Gasteiger partial charge in [0, 0.05) is 19.3 Å². The van der Waals surface area contributed by atoms with Crippen LogP contribution in [0.3, 0.4) is 0 Å². The highest BCUT2D eigenvalue weighted by Gasteiger charge is 2.28. The Labute approximate surface area is 109 Å². The van der Waals surface area contributed by atoms with Gasteiger partial charge in [-0.25, -0.2) is 4.79 Å². The van der Waals surface area contributed by atoms with Crippen LogP contribution in [0.15, 0.2) is 18.3 Å². The fourth-order valence-corrected chi connectivity index (χ4v) is 1.91. The zero-order valence-corrected chi connectivity index (χ0v) is 10.2. The molecule has 1 saturated heterocycles. The van der Waals surface area contributed by atoms with Crippen LogP contribution in [-0.4, -0.2) is 64.4 Å². The number of aliphatic hydroxyl groups is 1. The Kier molecular flexibility index (Phi) is 4.08. The molecule has 1 aliphatic heterocycles. The van der Waals surface area contributed by atoms with E-state index in [4.69, 9.17) is 14.9 Å². The number of hydrogen-bond donors (Lipinski definition) is 2. The zero-order valence-electron chi connectivity index (χ0n) is 10.2. The van der Waals surface area contributed by atoms with Crippen molar-refractivity contribution in [1.29, 1.82) is 0 Å². The number of aromatic carboxylic acids is 1. The summed E-state index contributed by atoms with van der Waals surface area (Å²) in [5.41, 5.74) is -0.215. The summed E-state index contributed by atoms with van der Waals surface area (Å²) in [5.74, 6) is -1.65. The highest BCUT2D eigenvalue weighted by molar-refractivity contribution is 6.03. The lowest BCUT2D eigenvalue weighted by Gasteiger charge is -2.32. The maximum Gasteiger partial charge on any atom is 0.338 e. The summed E-state index contributed by atoms with van der Waals surface area (Å²) in [4.78, 5) is 28.6. The molecule has 1 atom stereocenters. The Balaban J connectivity index is 2.22. The maximum atomic E-state index is 12.2. The number of pyridine rings is 1. The molecule has 1 aromatic rings. The van der Waals surface area contributed by atoms with Gasteiger partial charge in [0.05, 0.1) is 24.9 Å². The number of carboxylic acids is 1. The van der Waals surface area contributed by atoms with E-state index in [1.165, 1.54) is 23.2 Å². The van der Waals surface area contributed by atoms with Crippen LogP contribution in [0, 0.1) is 0 Å².